The predicted octanol–water partition coefficient (Wildman–Crippen LogP) is 3.13. The van der Waals surface area contributed by atoms with Crippen molar-refractivity contribution in [3.63, 3.8) is 0 Å². The Morgan fingerprint density at radius 2 is 1.66 bits per heavy atom. The number of nitrogens with one attached hydrogen (secondary N) is 2. The van der Waals surface area contributed by atoms with Gasteiger partial charge in [-0.05, 0) is 54.4 Å². The lowest BCUT2D eigenvalue weighted by molar-refractivity contribution is -0.116. The quantitative estimate of drug-likeness (QED) is 0.614. The Morgan fingerprint density at radius 1 is 0.966 bits per heavy atom. The third-order valence-electron chi connectivity index (χ3n) is 3.86. The number of anilines is 2. The smallest absolute Gasteiger partial charge is 0.264 e. The van der Waals surface area contributed by atoms with Gasteiger partial charge in [0.15, 0.2) is 11.6 Å². The number of sulfonamides is 1. The summed E-state index contributed by atoms with van der Waals surface area (Å²) in [4.78, 5) is 19.6. The number of carbonyl (C=O) groups excluding carboxylic acids is 1. The van der Waals surface area contributed by atoms with E-state index in [9.17, 15) is 22.0 Å². The summed E-state index contributed by atoms with van der Waals surface area (Å²) in [5.74, 6) is -2.31. The lowest BCUT2D eigenvalue weighted by Gasteiger charge is -2.08. The van der Waals surface area contributed by atoms with E-state index in [0.29, 0.717) is 11.3 Å². The van der Waals surface area contributed by atoms with Crippen LogP contribution in [-0.2, 0) is 21.2 Å². The molecular weight excluding hydrogens is 402 g/mol. The predicted molar refractivity (Wildman–Crippen MR) is 103 cm³/mol. The second-order valence-electron chi connectivity index (χ2n) is 6.00. The van der Waals surface area contributed by atoms with Gasteiger partial charge in [-0.15, -0.1) is 0 Å². The maximum absolute atomic E-state index is 13.2. The summed E-state index contributed by atoms with van der Waals surface area (Å²) < 4.78 is 53.0. The van der Waals surface area contributed by atoms with E-state index in [-0.39, 0.29) is 29.6 Å². The molecule has 1 amide bonds. The van der Waals surface area contributed by atoms with Crippen LogP contribution >= 0.6 is 0 Å². The zero-order valence-corrected chi connectivity index (χ0v) is 15.8. The first-order chi connectivity index (χ1) is 13.8. The van der Waals surface area contributed by atoms with Gasteiger partial charge in [-0.3, -0.25) is 4.79 Å². The van der Waals surface area contributed by atoms with Crippen LogP contribution in [0.2, 0.25) is 0 Å². The van der Waals surface area contributed by atoms with Crippen molar-refractivity contribution in [1.29, 1.82) is 0 Å². The molecular formula is C19H16F2N4O3S. The summed E-state index contributed by atoms with van der Waals surface area (Å²) in [5.41, 5.74) is 0.893. The summed E-state index contributed by atoms with van der Waals surface area (Å²) in [6.07, 6.45) is 3.10. The highest BCUT2D eigenvalue weighted by Gasteiger charge is 2.15. The first kappa shape index (κ1) is 20.3. The highest BCUT2D eigenvalue weighted by Crippen LogP contribution is 2.17. The number of hydrogen-bond acceptors (Lipinski definition) is 5. The molecule has 0 aliphatic rings. The van der Waals surface area contributed by atoms with Crippen molar-refractivity contribution in [2.75, 3.05) is 10.0 Å². The summed E-state index contributed by atoms with van der Waals surface area (Å²) in [6.45, 7) is 0. The molecule has 10 heteroatoms. The van der Waals surface area contributed by atoms with Crippen LogP contribution in [0.1, 0.15) is 12.0 Å². The monoisotopic (exact) mass is 418 g/mol. The molecule has 1 aromatic heterocycles. The largest absolute Gasteiger partial charge is 0.326 e. The molecule has 2 aromatic carbocycles. The van der Waals surface area contributed by atoms with Crippen molar-refractivity contribution in [3.05, 3.63) is 78.1 Å². The Bertz CT molecular complexity index is 1110. The maximum atomic E-state index is 13.2. The lowest BCUT2D eigenvalue weighted by atomic mass is 10.1. The van der Waals surface area contributed by atoms with Gasteiger partial charge in [0.1, 0.15) is 0 Å². The number of carbonyl (C=O) groups is 1. The number of nitrogens with zero attached hydrogens (tertiary/aromatic N) is 2. The first-order valence-electron chi connectivity index (χ1n) is 8.47. The van der Waals surface area contributed by atoms with Crippen LogP contribution in [0.25, 0.3) is 0 Å². The van der Waals surface area contributed by atoms with E-state index in [1.807, 2.05) is 0 Å². The number of aryl methyl sites for hydroxylation is 1. The van der Waals surface area contributed by atoms with Gasteiger partial charge in [-0.2, -0.15) is 0 Å². The molecule has 3 aromatic rings. The van der Waals surface area contributed by atoms with Gasteiger partial charge in [0.25, 0.3) is 10.0 Å². The van der Waals surface area contributed by atoms with Gasteiger partial charge < -0.3 is 5.32 Å². The molecule has 7 nitrogen and oxygen atoms in total. The molecule has 0 atom stereocenters. The number of rotatable bonds is 7. The molecule has 1 heterocycles. The van der Waals surface area contributed by atoms with Gasteiger partial charge in [-0.25, -0.2) is 31.9 Å². The van der Waals surface area contributed by atoms with Crippen molar-refractivity contribution >= 4 is 27.6 Å². The van der Waals surface area contributed by atoms with Crippen LogP contribution in [0.3, 0.4) is 0 Å². The second-order valence-corrected chi connectivity index (χ2v) is 7.68. The van der Waals surface area contributed by atoms with Gasteiger partial charge >= 0.3 is 0 Å². The third kappa shape index (κ3) is 5.55. The van der Waals surface area contributed by atoms with Gasteiger partial charge in [0.05, 0.1) is 4.90 Å². The highest BCUT2D eigenvalue weighted by atomic mass is 32.2. The summed E-state index contributed by atoms with van der Waals surface area (Å²) in [5, 5.41) is 2.62. The molecule has 0 saturated heterocycles. The second kappa shape index (κ2) is 8.74. The number of benzene rings is 2. The van der Waals surface area contributed by atoms with Crippen LogP contribution in [0.5, 0.6) is 0 Å². The molecule has 0 radical (unpaired) electrons. The maximum Gasteiger partial charge on any atom is 0.264 e. The minimum atomic E-state index is -3.87. The molecule has 150 valence electrons. The van der Waals surface area contributed by atoms with Crippen molar-refractivity contribution < 1.29 is 22.0 Å². The van der Waals surface area contributed by atoms with Gasteiger partial charge in [0.2, 0.25) is 11.9 Å². The normalized spacial score (nSPS) is 11.1. The SMILES string of the molecule is O=C(CCc1ccc(F)c(F)c1)Nc1ccc(S(=O)(=O)Nc2ncccn2)cc1. The van der Waals surface area contributed by atoms with Crippen LogP contribution in [-0.4, -0.2) is 24.3 Å². The summed E-state index contributed by atoms with van der Waals surface area (Å²) in [7, 11) is -3.87. The number of hydrogen-bond donors (Lipinski definition) is 2. The molecule has 3 rings (SSSR count). The minimum Gasteiger partial charge on any atom is -0.326 e. The molecule has 2 N–H and O–H groups in total. The van der Waals surface area contributed by atoms with E-state index in [2.05, 4.69) is 20.0 Å². The Kier molecular flexibility index (Phi) is 6.13. The fraction of sp³-hybridized carbons (Fsp3) is 0.105. The summed E-state index contributed by atoms with van der Waals surface area (Å²) in [6, 6.07) is 10.6. The summed E-state index contributed by atoms with van der Waals surface area (Å²) >= 11 is 0. The van der Waals surface area contributed by atoms with Gasteiger partial charge in [0, 0.05) is 24.5 Å². The average Bonchev–Trinajstić information content (AvgIpc) is 2.70. The van der Waals surface area contributed by atoms with Crippen molar-refractivity contribution in [1.82, 2.24) is 9.97 Å². The van der Waals surface area contributed by atoms with E-state index in [0.717, 1.165) is 12.1 Å². The van der Waals surface area contributed by atoms with Crippen molar-refractivity contribution in [2.45, 2.75) is 17.7 Å². The van der Waals surface area contributed by atoms with Crippen LogP contribution in [0.4, 0.5) is 20.4 Å². The Balaban J connectivity index is 1.58. The molecule has 0 fully saturated rings. The Labute approximate surface area is 165 Å². The molecule has 0 aliphatic carbocycles. The fourth-order valence-electron chi connectivity index (χ4n) is 2.42. The standard InChI is InChI=1S/C19H16F2N4O3S/c20-16-8-2-13(12-17(16)21)3-9-18(26)24-14-4-6-15(7-5-14)29(27,28)25-19-22-10-1-11-23-19/h1-2,4-8,10-12H,3,9H2,(H,24,26)(H,22,23,25). The van der Waals surface area contributed by atoms with Crippen LogP contribution in [0.15, 0.2) is 65.8 Å². The zero-order valence-electron chi connectivity index (χ0n) is 15.0. The fourth-order valence-corrected chi connectivity index (χ4v) is 3.38. The van der Waals surface area contributed by atoms with Crippen LogP contribution < -0.4 is 10.0 Å². The minimum absolute atomic E-state index is 0.0234. The third-order valence-corrected chi connectivity index (χ3v) is 5.21. The molecule has 0 aliphatic heterocycles. The topological polar surface area (TPSA) is 101 Å². The lowest BCUT2D eigenvalue weighted by Crippen LogP contribution is -2.15. The van der Waals surface area contributed by atoms with E-state index in [1.54, 1.807) is 6.07 Å². The van der Waals surface area contributed by atoms with Crippen LogP contribution in [0, 0.1) is 11.6 Å². The van der Waals surface area contributed by atoms with Gasteiger partial charge in [-0.1, -0.05) is 6.07 Å². The van der Waals surface area contributed by atoms with Crippen molar-refractivity contribution in [2.24, 2.45) is 0 Å². The first-order valence-corrected chi connectivity index (χ1v) is 9.95. The van der Waals surface area contributed by atoms with E-state index >= 15 is 0 Å². The number of halogens is 2. The highest BCUT2D eigenvalue weighted by molar-refractivity contribution is 7.92. The number of aromatic nitrogens is 2. The average molecular weight is 418 g/mol. The van der Waals surface area contributed by atoms with E-state index in [4.69, 9.17) is 0 Å². The zero-order chi connectivity index (χ0) is 20.9. The molecule has 29 heavy (non-hydrogen) atoms. The number of amides is 1. The van der Waals surface area contributed by atoms with E-state index in [1.165, 1.54) is 42.7 Å². The van der Waals surface area contributed by atoms with E-state index < -0.39 is 21.7 Å². The molecule has 0 unspecified atom stereocenters. The molecule has 0 saturated carbocycles. The Hall–Kier alpha value is -3.40. The van der Waals surface area contributed by atoms with Crippen molar-refractivity contribution in [3.8, 4) is 0 Å². The Morgan fingerprint density at radius 3 is 2.31 bits per heavy atom. The molecule has 0 bridgehead atoms. The molecule has 0 spiro atoms.